The standard InChI is InChI=1S/C31H34ClF3N6O2/c1-2-18-13-41-19(9-37-18)14-42-28-24-27(25(34)23(26(28)35)20-10-36-11-21(32)22(20)16-4-5-16)38-30(39-29(24)41)43-15-31-6-3-7-40(31)12-17(33)8-31/h10-11,16-19,37H,2-9,12-15H2,1H3/t17-,18-,19+,31?/m1/s1. The Bertz CT molecular complexity index is 1610. The summed E-state index contributed by atoms with van der Waals surface area (Å²) in [5, 5.41) is 4.11. The molecule has 8 nitrogen and oxygen atoms in total. The van der Waals surface area contributed by atoms with Crippen LogP contribution in [0.25, 0.3) is 22.0 Å². The van der Waals surface area contributed by atoms with Gasteiger partial charge in [-0.15, -0.1) is 0 Å². The number of hydrogen-bond donors (Lipinski definition) is 1. The van der Waals surface area contributed by atoms with Crippen molar-refractivity contribution in [1.82, 2.24) is 25.2 Å². The van der Waals surface area contributed by atoms with Crippen molar-refractivity contribution in [1.29, 1.82) is 0 Å². The number of nitrogens with zero attached hydrogens (tertiary/aromatic N) is 5. The van der Waals surface area contributed by atoms with Gasteiger partial charge in [0.15, 0.2) is 17.4 Å². The predicted octanol–water partition coefficient (Wildman–Crippen LogP) is 5.41. The van der Waals surface area contributed by atoms with Crippen molar-refractivity contribution >= 4 is 28.3 Å². The summed E-state index contributed by atoms with van der Waals surface area (Å²) < 4.78 is 60.3. The van der Waals surface area contributed by atoms with Crippen LogP contribution in [0.4, 0.5) is 19.0 Å². The number of ether oxygens (including phenoxy) is 2. The van der Waals surface area contributed by atoms with Crippen molar-refractivity contribution in [2.24, 2.45) is 0 Å². The molecular formula is C31H34ClF3N6O2. The Morgan fingerprint density at radius 1 is 1.19 bits per heavy atom. The summed E-state index contributed by atoms with van der Waals surface area (Å²) in [4.78, 5) is 17.8. The smallest absolute Gasteiger partial charge is 0.319 e. The third-order valence-electron chi connectivity index (χ3n) is 10.1. The Morgan fingerprint density at radius 2 is 2.05 bits per heavy atom. The Hall–Kier alpha value is -2.89. The molecule has 12 heteroatoms. The number of nitrogens with one attached hydrogen (secondary N) is 1. The summed E-state index contributed by atoms with van der Waals surface area (Å²) in [7, 11) is 0. The zero-order valence-corrected chi connectivity index (χ0v) is 24.8. The fraction of sp³-hybridized carbons (Fsp3) is 0.581. The van der Waals surface area contributed by atoms with E-state index in [1.165, 1.54) is 12.4 Å². The molecule has 228 valence electrons. The van der Waals surface area contributed by atoms with E-state index in [-0.39, 0.29) is 59.4 Å². The van der Waals surface area contributed by atoms with Crippen LogP contribution >= 0.6 is 11.6 Å². The first-order chi connectivity index (χ1) is 20.9. The highest BCUT2D eigenvalue weighted by Gasteiger charge is 2.49. The number of pyridine rings is 1. The van der Waals surface area contributed by atoms with E-state index in [4.69, 9.17) is 26.1 Å². The summed E-state index contributed by atoms with van der Waals surface area (Å²) >= 11 is 6.54. The van der Waals surface area contributed by atoms with Crippen LogP contribution in [0, 0.1) is 11.6 Å². The molecule has 4 atom stereocenters. The third kappa shape index (κ3) is 4.44. The molecule has 3 aromatic rings. The van der Waals surface area contributed by atoms with Gasteiger partial charge in [-0.25, -0.2) is 13.2 Å². The highest BCUT2D eigenvalue weighted by atomic mass is 35.5. The minimum Gasteiger partial charge on any atom is -0.487 e. The van der Waals surface area contributed by atoms with E-state index < -0.39 is 23.3 Å². The zero-order chi connectivity index (χ0) is 29.5. The van der Waals surface area contributed by atoms with E-state index in [9.17, 15) is 4.39 Å². The summed E-state index contributed by atoms with van der Waals surface area (Å²) in [6.45, 7) is 4.89. The van der Waals surface area contributed by atoms with Crippen molar-refractivity contribution < 1.29 is 22.6 Å². The van der Waals surface area contributed by atoms with Gasteiger partial charge in [0.2, 0.25) is 0 Å². The van der Waals surface area contributed by atoms with Gasteiger partial charge in [-0.1, -0.05) is 18.5 Å². The molecule has 4 fully saturated rings. The van der Waals surface area contributed by atoms with Crippen molar-refractivity contribution in [3.8, 4) is 22.9 Å². The monoisotopic (exact) mass is 614 g/mol. The van der Waals surface area contributed by atoms with Gasteiger partial charge in [0.05, 0.1) is 27.6 Å². The van der Waals surface area contributed by atoms with Crippen LogP contribution in [0.15, 0.2) is 12.4 Å². The van der Waals surface area contributed by atoms with Crippen LogP contribution in [0.3, 0.4) is 0 Å². The summed E-state index contributed by atoms with van der Waals surface area (Å²) in [5.41, 5.74) is 0.245. The molecule has 0 amide bonds. The molecule has 8 rings (SSSR count). The number of alkyl halides is 1. The maximum absolute atomic E-state index is 16.8. The molecular weight excluding hydrogens is 581 g/mol. The van der Waals surface area contributed by atoms with Gasteiger partial charge >= 0.3 is 6.01 Å². The average Bonchev–Trinajstić information content (AvgIpc) is 3.72. The number of aromatic nitrogens is 3. The molecule has 5 aliphatic rings. The molecule has 0 bridgehead atoms. The lowest BCUT2D eigenvalue weighted by Crippen LogP contribution is -2.58. The molecule has 3 saturated heterocycles. The lowest BCUT2D eigenvalue weighted by Gasteiger charge is -2.39. The van der Waals surface area contributed by atoms with Crippen molar-refractivity contribution in [3.05, 3.63) is 34.6 Å². The summed E-state index contributed by atoms with van der Waals surface area (Å²) in [6, 6.07) is 0.00553. The molecule has 43 heavy (non-hydrogen) atoms. The normalized spacial score (nSPS) is 28.5. The number of anilines is 1. The zero-order valence-electron chi connectivity index (χ0n) is 24.0. The first-order valence-corrected chi connectivity index (χ1v) is 15.8. The van der Waals surface area contributed by atoms with Crippen molar-refractivity contribution in [3.63, 3.8) is 0 Å². The lowest BCUT2D eigenvalue weighted by molar-refractivity contribution is 0.107. The Morgan fingerprint density at radius 3 is 2.86 bits per heavy atom. The van der Waals surface area contributed by atoms with Gasteiger partial charge in [0, 0.05) is 50.1 Å². The molecule has 2 aromatic heterocycles. The van der Waals surface area contributed by atoms with Gasteiger partial charge < -0.3 is 19.7 Å². The first kappa shape index (κ1) is 27.6. The van der Waals surface area contributed by atoms with Crippen LogP contribution in [0.5, 0.6) is 11.8 Å². The topological polar surface area (TPSA) is 75.6 Å². The minimum atomic E-state index is -0.909. The molecule has 1 unspecified atom stereocenters. The molecule has 1 saturated carbocycles. The van der Waals surface area contributed by atoms with Gasteiger partial charge in [-0.05, 0) is 50.1 Å². The van der Waals surface area contributed by atoms with E-state index in [2.05, 4.69) is 32.0 Å². The Labute approximate surface area is 252 Å². The fourth-order valence-corrected chi connectivity index (χ4v) is 8.00. The second-order valence-electron chi connectivity index (χ2n) is 12.7. The van der Waals surface area contributed by atoms with Crippen LogP contribution in [-0.4, -0.2) is 83.0 Å². The van der Waals surface area contributed by atoms with E-state index >= 15 is 8.78 Å². The van der Waals surface area contributed by atoms with Crippen LogP contribution in [-0.2, 0) is 0 Å². The largest absolute Gasteiger partial charge is 0.487 e. The first-order valence-electron chi connectivity index (χ1n) is 15.4. The molecule has 0 spiro atoms. The third-order valence-corrected chi connectivity index (χ3v) is 10.4. The second kappa shape index (κ2) is 10.3. The van der Waals surface area contributed by atoms with Crippen LogP contribution in [0.2, 0.25) is 5.02 Å². The number of halogens is 4. The highest BCUT2D eigenvalue weighted by Crippen LogP contribution is 2.51. The number of hydrogen-bond acceptors (Lipinski definition) is 8. The Balaban J connectivity index is 1.30. The van der Waals surface area contributed by atoms with E-state index in [0.717, 1.165) is 38.6 Å². The summed E-state index contributed by atoms with van der Waals surface area (Å²) in [5.74, 6) is -1.21. The highest BCUT2D eigenvalue weighted by molar-refractivity contribution is 6.31. The Kier molecular flexibility index (Phi) is 6.65. The number of fused-ring (bicyclic) bond motifs is 3. The molecule has 6 heterocycles. The van der Waals surface area contributed by atoms with E-state index in [0.29, 0.717) is 48.0 Å². The molecule has 0 radical (unpaired) electrons. The van der Waals surface area contributed by atoms with E-state index in [1.807, 2.05) is 0 Å². The minimum absolute atomic E-state index is 0.00712. The molecule has 4 aliphatic heterocycles. The van der Waals surface area contributed by atoms with Gasteiger partial charge in [-0.3, -0.25) is 9.88 Å². The van der Waals surface area contributed by atoms with Gasteiger partial charge in [-0.2, -0.15) is 9.97 Å². The molecule has 1 aromatic carbocycles. The predicted molar refractivity (Wildman–Crippen MR) is 157 cm³/mol. The number of piperazine rings is 1. The molecule has 1 N–H and O–H groups in total. The van der Waals surface area contributed by atoms with Crippen molar-refractivity contribution in [2.45, 2.75) is 75.2 Å². The van der Waals surface area contributed by atoms with Crippen LogP contribution in [0.1, 0.15) is 56.9 Å². The second-order valence-corrected chi connectivity index (χ2v) is 13.1. The SMILES string of the molecule is CC[C@@H]1CN2c3nc(OCC45CCCN4C[C@H](F)C5)nc4c(F)c(-c5cncc(Cl)c5C5CC5)c(F)c(c34)OC[C@@H]2CN1. The van der Waals surface area contributed by atoms with Gasteiger partial charge in [0.1, 0.15) is 30.7 Å². The number of benzene rings is 1. The number of rotatable bonds is 6. The van der Waals surface area contributed by atoms with Crippen LogP contribution < -0.4 is 19.7 Å². The van der Waals surface area contributed by atoms with Gasteiger partial charge in [0.25, 0.3) is 0 Å². The molecule has 1 aliphatic carbocycles. The summed E-state index contributed by atoms with van der Waals surface area (Å²) in [6.07, 6.45) is 6.91. The fourth-order valence-electron chi connectivity index (χ4n) is 7.68. The van der Waals surface area contributed by atoms with E-state index in [1.54, 1.807) is 0 Å². The maximum Gasteiger partial charge on any atom is 0.319 e. The quantitative estimate of drug-likeness (QED) is 0.395. The lowest BCUT2D eigenvalue weighted by atomic mass is 9.95. The maximum atomic E-state index is 16.8. The average molecular weight is 615 g/mol. The van der Waals surface area contributed by atoms with Crippen molar-refractivity contribution in [2.75, 3.05) is 44.3 Å².